The largest absolute Gasteiger partial charge is 0.414 e. The predicted molar refractivity (Wildman–Crippen MR) is 52.6 cm³/mol. The van der Waals surface area contributed by atoms with Crippen LogP contribution in [0.1, 0.15) is 6.92 Å². The topological polar surface area (TPSA) is 9.23 Å². The van der Waals surface area contributed by atoms with Crippen molar-refractivity contribution in [3.05, 3.63) is 0 Å². The Bertz CT molecular complexity index is 324. The molecule has 1 fully saturated rings. The monoisotopic (exact) mass is 298 g/mol. The summed E-state index contributed by atoms with van der Waals surface area (Å²) < 4.78 is 94.8. The van der Waals surface area contributed by atoms with Crippen LogP contribution in [0.4, 0.5) is 30.7 Å². The van der Waals surface area contributed by atoms with Gasteiger partial charge in [-0.3, -0.25) is 0 Å². The predicted octanol–water partition coefficient (Wildman–Crippen LogP) is 3.86. The molecule has 1 nitrogen and oxygen atoms in total. The Labute approximate surface area is 100 Å². The lowest BCUT2D eigenvalue weighted by Crippen LogP contribution is -2.85. The van der Waals surface area contributed by atoms with Crippen LogP contribution in [-0.2, 0) is 4.43 Å². The Hall–Kier alpha value is -0.313. The van der Waals surface area contributed by atoms with E-state index in [0.717, 1.165) is 0 Å². The summed E-state index contributed by atoms with van der Waals surface area (Å²) >= 11 is 0. The standard InChI is InChI=1S/C9H13F7OSi/c1-4-18(2,3)17-5-6(10)7(11,12)9(15,16)8(6,13)14/h4-5H2,1-3H3. The average molecular weight is 298 g/mol. The molecule has 0 heterocycles. The van der Waals surface area contributed by atoms with Crippen LogP contribution in [-0.4, -0.2) is 38.4 Å². The molecular weight excluding hydrogens is 285 g/mol. The normalized spacial score (nSPS) is 27.7. The maximum atomic E-state index is 13.5. The molecule has 0 unspecified atom stereocenters. The highest BCUT2D eigenvalue weighted by molar-refractivity contribution is 6.71. The van der Waals surface area contributed by atoms with Crippen molar-refractivity contribution in [1.82, 2.24) is 0 Å². The fourth-order valence-corrected chi connectivity index (χ4v) is 2.20. The second-order valence-corrected chi connectivity index (χ2v) is 9.44. The Kier molecular flexibility index (Phi) is 3.36. The van der Waals surface area contributed by atoms with Crippen LogP contribution >= 0.6 is 0 Å². The molecule has 1 aliphatic rings. The fourth-order valence-electron chi connectivity index (χ4n) is 1.41. The summed E-state index contributed by atoms with van der Waals surface area (Å²) in [4.78, 5) is 0. The van der Waals surface area contributed by atoms with Crippen LogP contribution in [0, 0.1) is 0 Å². The minimum Gasteiger partial charge on any atom is -0.414 e. The van der Waals surface area contributed by atoms with Crippen LogP contribution in [0.5, 0.6) is 0 Å². The highest BCUT2D eigenvalue weighted by Gasteiger charge is 2.99. The van der Waals surface area contributed by atoms with E-state index < -0.39 is 38.4 Å². The van der Waals surface area contributed by atoms with Crippen molar-refractivity contribution in [2.45, 2.75) is 49.5 Å². The molecule has 0 aliphatic heterocycles. The van der Waals surface area contributed by atoms with Crippen LogP contribution in [0.15, 0.2) is 0 Å². The van der Waals surface area contributed by atoms with E-state index >= 15 is 0 Å². The molecule has 0 atom stereocenters. The summed E-state index contributed by atoms with van der Waals surface area (Å²) in [5, 5.41) is 0. The maximum absolute atomic E-state index is 13.5. The zero-order valence-corrected chi connectivity index (χ0v) is 11.0. The van der Waals surface area contributed by atoms with Crippen molar-refractivity contribution in [3.8, 4) is 0 Å². The third-order valence-corrected chi connectivity index (χ3v) is 5.93. The summed E-state index contributed by atoms with van der Waals surface area (Å²) in [5.41, 5.74) is -4.65. The first-order valence-corrected chi connectivity index (χ1v) is 8.35. The molecule has 0 amide bonds. The second-order valence-electron chi connectivity index (χ2n) is 4.93. The van der Waals surface area contributed by atoms with Crippen molar-refractivity contribution in [3.63, 3.8) is 0 Å². The van der Waals surface area contributed by atoms with Gasteiger partial charge in [0.1, 0.15) is 0 Å². The van der Waals surface area contributed by atoms with Crippen LogP contribution in [0.25, 0.3) is 0 Å². The Morgan fingerprint density at radius 2 is 1.22 bits per heavy atom. The Morgan fingerprint density at radius 1 is 0.833 bits per heavy atom. The van der Waals surface area contributed by atoms with E-state index in [-0.39, 0.29) is 0 Å². The average Bonchev–Trinajstić information content (AvgIpc) is 2.24. The first-order chi connectivity index (χ1) is 7.77. The number of hydrogen-bond acceptors (Lipinski definition) is 1. The second kappa shape index (κ2) is 3.84. The molecule has 0 bridgehead atoms. The maximum Gasteiger partial charge on any atom is 0.379 e. The van der Waals surface area contributed by atoms with E-state index in [1.165, 1.54) is 13.1 Å². The van der Waals surface area contributed by atoms with Crippen molar-refractivity contribution >= 4 is 8.32 Å². The third kappa shape index (κ3) is 1.62. The van der Waals surface area contributed by atoms with Gasteiger partial charge in [0.05, 0.1) is 6.61 Å². The van der Waals surface area contributed by atoms with Gasteiger partial charge < -0.3 is 4.43 Å². The van der Waals surface area contributed by atoms with Gasteiger partial charge in [0, 0.05) is 0 Å². The zero-order valence-electron chi connectivity index (χ0n) is 9.97. The first kappa shape index (κ1) is 15.7. The SMILES string of the molecule is CC[Si](C)(C)OCC1(F)C(F)(F)C(F)(F)C1(F)F. The molecule has 9 heteroatoms. The molecule has 0 spiro atoms. The lowest BCUT2D eigenvalue weighted by Gasteiger charge is -2.54. The molecule has 1 saturated carbocycles. The zero-order chi connectivity index (χ0) is 14.6. The number of alkyl halides is 7. The highest BCUT2D eigenvalue weighted by atomic mass is 28.4. The van der Waals surface area contributed by atoms with E-state index in [1.807, 2.05) is 0 Å². The van der Waals surface area contributed by atoms with E-state index in [4.69, 9.17) is 4.43 Å². The van der Waals surface area contributed by atoms with Gasteiger partial charge in [0.2, 0.25) is 0 Å². The molecule has 1 aliphatic carbocycles. The fraction of sp³-hybridized carbons (Fsp3) is 1.00. The molecule has 0 aromatic carbocycles. The van der Waals surface area contributed by atoms with Crippen molar-refractivity contribution in [1.29, 1.82) is 0 Å². The number of halogens is 7. The van der Waals surface area contributed by atoms with Gasteiger partial charge in [0.25, 0.3) is 5.67 Å². The molecule has 0 radical (unpaired) electrons. The minimum atomic E-state index is -5.68. The lowest BCUT2D eigenvalue weighted by atomic mass is 9.70. The van der Waals surface area contributed by atoms with Gasteiger partial charge in [-0.25, -0.2) is 4.39 Å². The molecule has 0 saturated heterocycles. The molecule has 0 N–H and O–H groups in total. The van der Waals surface area contributed by atoms with Crippen LogP contribution in [0.2, 0.25) is 19.1 Å². The van der Waals surface area contributed by atoms with Gasteiger partial charge in [-0.2, -0.15) is 26.3 Å². The van der Waals surface area contributed by atoms with E-state index in [1.54, 1.807) is 6.92 Å². The van der Waals surface area contributed by atoms with Crippen LogP contribution in [0.3, 0.4) is 0 Å². The van der Waals surface area contributed by atoms with E-state index in [2.05, 4.69) is 0 Å². The van der Waals surface area contributed by atoms with Gasteiger partial charge in [-0.05, 0) is 19.1 Å². The Morgan fingerprint density at radius 3 is 1.56 bits per heavy atom. The van der Waals surface area contributed by atoms with Gasteiger partial charge in [-0.15, -0.1) is 0 Å². The summed E-state index contributed by atoms with van der Waals surface area (Å²) in [7, 11) is -2.59. The third-order valence-electron chi connectivity index (χ3n) is 3.30. The Balaban J connectivity index is 2.94. The van der Waals surface area contributed by atoms with Crippen molar-refractivity contribution in [2.24, 2.45) is 0 Å². The van der Waals surface area contributed by atoms with Gasteiger partial charge in [-0.1, -0.05) is 6.92 Å². The minimum absolute atomic E-state index is 0.358. The lowest BCUT2D eigenvalue weighted by molar-refractivity contribution is -0.475. The highest BCUT2D eigenvalue weighted by Crippen LogP contribution is 2.68. The summed E-state index contributed by atoms with van der Waals surface area (Å²) in [6, 6.07) is 0.358. The molecule has 1 rings (SSSR count). The van der Waals surface area contributed by atoms with Crippen LogP contribution < -0.4 is 0 Å². The molecule has 0 aromatic rings. The van der Waals surface area contributed by atoms with Crippen molar-refractivity contribution < 1.29 is 35.2 Å². The summed E-state index contributed by atoms with van der Waals surface area (Å²) in [6.45, 7) is 2.87. The molecular formula is C9H13F7OSi. The van der Waals surface area contributed by atoms with Gasteiger partial charge in [0.15, 0.2) is 8.32 Å². The smallest absolute Gasteiger partial charge is 0.379 e. The summed E-state index contributed by atoms with van der Waals surface area (Å²) in [5.74, 6) is -16.5. The summed E-state index contributed by atoms with van der Waals surface area (Å²) in [6.07, 6.45) is 0. The van der Waals surface area contributed by atoms with Gasteiger partial charge >= 0.3 is 17.8 Å². The number of rotatable bonds is 4. The molecule has 108 valence electrons. The van der Waals surface area contributed by atoms with Crippen molar-refractivity contribution in [2.75, 3.05) is 6.61 Å². The molecule has 0 aromatic heterocycles. The van der Waals surface area contributed by atoms with E-state index in [0.29, 0.717) is 6.04 Å². The molecule has 18 heavy (non-hydrogen) atoms. The quantitative estimate of drug-likeness (QED) is 0.566. The van der Waals surface area contributed by atoms with E-state index in [9.17, 15) is 30.7 Å². The first-order valence-electron chi connectivity index (χ1n) is 5.23. The number of hydrogen-bond donors (Lipinski definition) is 0.